The van der Waals surface area contributed by atoms with Gasteiger partial charge in [0.25, 0.3) is 0 Å². The number of ether oxygens (including phenoxy) is 2. The Labute approximate surface area is 161 Å². The van der Waals surface area contributed by atoms with E-state index in [0.29, 0.717) is 17.7 Å². The fourth-order valence-electron chi connectivity index (χ4n) is 3.44. The maximum absolute atomic E-state index is 13.7. The van der Waals surface area contributed by atoms with Crippen molar-refractivity contribution < 1.29 is 31.1 Å². The van der Waals surface area contributed by atoms with Gasteiger partial charge in [-0.2, -0.15) is 13.2 Å². The molecule has 9 heteroatoms. The van der Waals surface area contributed by atoms with Crippen LogP contribution in [0.1, 0.15) is 24.8 Å². The van der Waals surface area contributed by atoms with Crippen molar-refractivity contribution in [3.63, 3.8) is 0 Å². The summed E-state index contributed by atoms with van der Waals surface area (Å²) in [5.41, 5.74) is -0.568. The van der Waals surface area contributed by atoms with E-state index < -0.39 is 31.7 Å². The first-order valence-electron chi connectivity index (χ1n) is 8.64. The van der Waals surface area contributed by atoms with Gasteiger partial charge in [-0.05, 0) is 43.0 Å². The summed E-state index contributed by atoms with van der Waals surface area (Å²) in [6.45, 7) is 0. The van der Waals surface area contributed by atoms with Gasteiger partial charge in [0.05, 0.1) is 35.1 Å². The van der Waals surface area contributed by atoms with E-state index in [4.69, 9.17) is 9.47 Å². The number of pyridine rings is 1. The van der Waals surface area contributed by atoms with E-state index >= 15 is 0 Å². The van der Waals surface area contributed by atoms with Gasteiger partial charge in [0.15, 0.2) is 9.84 Å². The second kappa shape index (κ2) is 7.71. The van der Waals surface area contributed by atoms with Crippen LogP contribution >= 0.6 is 0 Å². The lowest BCUT2D eigenvalue weighted by molar-refractivity contribution is -0.139. The summed E-state index contributed by atoms with van der Waals surface area (Å²) in [4.78, 5) is 3.24. The van der Waals surface area contributed by atoms with Crippen LogP contribution in [0.25, 0.3) is 11.1 Å². The van der Waals surface area contributed by atoms with Crippen LogP contribution in [0.3, 0.4) is 0 Å². The zero-order chi connectivity index (χ0) is 20.5. The molecule has 1 aromatic carbocycles. The highest BCUT2D eigenvalue weighted by Gasteiger charge is 2.42. The predicted molar refractivity (Wildman–Crippen MR) is 96.8 cm³/mol. The third-order valence-electron chi connectivity index (χ3n) is 4.98. The summed E-state index contributed by atoms with van der Waals surface area (Å²) in [6.07, 6.45) is -1.27. The Balaban J connectivity index is 2.07. The van der Waals surface area contributed by atoms with Crippen molar-refractivity contribution in [1.29, 1.82) is 0 Å². The summed E-state index contributed by atoms with van der Waals surface area (Å²) >= 11 is 0. The van der Waals surface area contributed by atoms with Gasteiger partial charge in [0.2, 0.25) is 0 Å². The average Bonchev–Trinajstić information content (AvgIpc) is 3.17. The molecule has 2 atom stereocenters. The standard InChI is InChI=1S/C19H20F3NO4S/c1-26-14-4-5-16(9-14)28(24,25)18-6-3-12(8-17(18)19(20,21)22)13-7-15(27-2)11-23-10-13/h3,6-8,10-11,14,16H,4-5,9H2,1-2H3/t14-,16-/m1/s1. The summed E-state index contributed by atoms with van der Waals surface area (Å²) in [7, 11) is -1.25. The fourth-order valence-corrected chi connectivity index (χ4v) is 5.46. The second-order valence-corrected chi connectivity index (χ2v) is 8.86. The van der Waals surface area contributed by atoms with Gasteiger partial charge in [0.1, 0.15) is 5.75 Å². The number of benzene rings is 1. The largest absolute Gasteiger partial charge is 0.495 e. The highest BCUT2D eigenvalue weighted by molar-refractivity contribution is 7.92. The molecule has 28 heavy (non-hydrogen) atoms. The Kier molecular flexibility index (Phi) is 5.67. The monoisotopic (exact) mass is 415 g/mol. The number of methoxy groups -OCH3 is 2. The first-order valence-corrected chi connectivity index (χ1v) is 10.2. The number of hydrogen-bond donors (Lipinski definition) is 0. The van der Waals surface area contributed by atoms with Crippen molar-refractivity contribution in [2.24, 2.45) is 0 Å². The third kappa shape index (κ3) is 4.00. The minimum Gasteiger partial charge on any atom is -0.495 e. The Morgan fingerprint density at radius 1 is 1.07 bits per heavy atom. The molecule has 1 saturated carbocycles. The Morgan fingerprint density at radius 3 is 2.43 bits per heavy atom. The predicted octanol–water partition coefficient (Wildman–Crippen LogP) is 4.12. The van der Waals surface area contributed by atoms with Crippen molar-refractivity contribution in [1.82, 2.24) is 4.98 Å². The Morgan fingerprint density at radius 2 is 1.82 bits per heavy atom. The van der Waals surface area contributed by atoms with E-state index in [2.05, 4.69) is 4.98 Å². The number of sulfone groups is 1. The van der Waals surface area contributed by atoms with Crippen molar-refractivity contribution in [3.8, 4) is 16.9 Å². The molecule has 0 unspecified atom stereocenters. The molecular formula is C19H20F3NO4S. The number of nitrogens with zero attached hydrogens (tertiary/aromatic N) is 1. The molecule has 1 heterocycles. The molecule has 2 aromatic rings. The number of halogens is 3. The number of hydrogen-bond acceptors (Lipinski definition) is 5. The van der Waals surface area contributed by atoms with Crippen LogP contribution in [-0.2, 0) is 20.8 Å². The lowest BCUT2D eigenvalue weighted by atomic mass is 10.0. The van der Waals surface area contributed by atoms with E-state index in [1.54, 1.807) is 0 Å². The minimum atomic E-state index is -4.82. The molecule has 5 nitrogen and oxygen atoms in total. The van der Waals surface area contributed by atoms with Crippen LogP contribution in [0, 0.1) is 0 Å². The highest BCUT2D eigenvalue weighted by Crippen LogP contribution is 2.40. The van der Waals surface area contributed by atoms with E-state index in [1.165, 1.54) is 38.7 Å². The van der Waals surface area contributed by atoms with Gasteiger partial charge in [-0.1, -0.05) is 6.07 Å². The zero-order valence-electron chi connectivity index (χ0n) is 15.4. The van der Waals surface area contributed by atoms with Gasteiger partial charge < -0.3 is 9.47 Å². The van der Waals surface area contributed by atoms with E-state index in [9.17, 15) is 21.6 Å². The molecule has 1 aromatic heterocycles. The molecule has 0 amide bonds. The maximum Gasteiger partial charge on any atom is 0.417 e. The molecule has 1 aliphatic carbocycles. The maximum atomic E-state index is 13.7. The van der Waals surface area contributed by atoms with Crippen LogP contribution in [0.2, 0.25) is 0 Å². The van der Waals surface area contributed by atoms with Gasteiger partial charge in [0, 0.05) is 18.9 Å². The third-order valence-corrected chi connectivity index (χ3v) is 7.26. The molecule has 0 N–H and O–H groups in total. The van der Waals surface area contributed by atoms with E-state index in [0.717, 1.165) is 12.1 Å². The van der Waals surface area contributed by atoms with Crippen LogP contribution in [0.15, 0.2) is 41.6 Å². The second-order valence-electron chi connectivity index (χ2n) is 6.66. The lowest BCUT2D eigenvalue weighted by Crippen LogP contribution is -2.23. The normalized spacial score (nSPS) is 20.3. The number of alkyl halides is 3. The number of rotatable bonds is 5. The average molecular weight is 415 g/mol. The Bertz CT molecular complexity index is 960. The molecule has 3 rings (SSSR count). The fraction of sp³-hybridized carbons (Fsp3) is 0.421. The van der Waals surface area contributed by atoms with E-state index in [1.807, 2.05) is 0 Å². The molecular weight excluding hydrogens is 395 g/mol. The van der Waals surface area contributed by atoms with Crippen molar-refractivity contribution in [2.45, 2.75) is 41.7 Å². The molecule has 1 fully saturated rings. The van der Waals surface area contributed by atoms with Crippen molar-refractivity contribution in [3.05, 3.63) is 42.2 Å². The summed E-state index contributed by atoms with van der Waals surface area (Å²) in [5.74, 6) is 0.388. The molecule has 0 bridgehead atoms. The summed E-state index contributed by atoms with van der Waals surface area (Å²) < 4.78 is 77.2. The van der Waals surface area contributed by atoms with Crippen molar-refractivity contribution >= 4 is 9.84 Å². The van der Waals surface area contributed by atoms with Crippen molar-refractivity contribution in [2.75, 3.05) is 14.2 Å². The molecule has 1 aliphatic rings. The molecule has 0 saturated heterocycles. The first-order chi connectivity index (χ1) is 13.2. The van der Waals surface area contributed by atoms with Gasteiger partial charge in [-0.25, -0.2) is 8.42 Å². The van der Waals surface area contributed by atoms with Gasteiger partial charge in [-0.3, -0.25) is 4.98 Å². The SMILES string of the molecule is COc1cncc(-c2ccc(S(=O)(=O)[C@@H]3CC[C@@H](OC)C3)c(C(F)(F)F)c2)c1. The summed E-state index contributed by atoms with van der Waals surface area (Å²) in [5, 5.41) is -0.886. The van der Waals surface area contributed by atoms with E-state index in [-0.39, 0.29) is 24.5 Å². The Hall–Kier alpha value is -2.13. The summed E-state index contributed by atoms with van der Waals surface area (Å²) in [6, 6.07) is 4.79. The molecule has 0 aliphatic heterocycles. The number of aromatic nitrogens is 1. The van der Waals surface area contributed by atoms with Gasteiger partial charge >= 0.3 is 6.18 Å². The van der Waals surface area contributed by atoms with Crippen LogP contribution in [0.4, 0.5) is 13.2 Å². The van der Waals surface area contributed by atoms with Crippen LogP contribution in [-0.4, -0.2) is 39.0 Å². The minimum absolute atomic E-state index is 0.192. The zero-order valence-corrected chi connectivity index (χ0v) is 16.2. The van der Waals surface area contributed by atoms with Gasteiger partial charge in [-0.15, -0.1) is 0 Å². The first kappa shape index (κ1) is 20.6. The van der Waals surface area contributed by atoms with Crippen LogP contribution in [0.5, 0.6) is 5.75 Å². The molecule has 152 valence electrons. The quantitative estimate of drug-likeness (QED) is 0.735. The molecule has 0 spiro atoms. The molecule has 0 radical (unpaired) electrons. The smallest absolute Gasteiger partial charge is 0.417 e. The lowest BCUT2D eigenvalue weighted by Gasteiger charge is -2.18. The van der Waals surface area contributed by atoms with Crippen LogP contribution < -0.4 is 4.74 Å². The topological polar surface area (TPSA) is 65.5 Å². The highest BCUT2D eigenvalue weighted by atomic mass is 32.2.